The Bertz CT molecular complexity index is 597. The van der Waals surface area contributed by atoms with Crippen LogP contribution in [-0.4, -0.2) is 61.2 Å². The predicted octanol–water partition coefficient (Wildman–Crippen LogP) is -0.367. The molecule has 7 nitrogen and oxygen atoms in total. The molecule has 0 aromatic heterocycles. The number of nitrogens with zero attached hydrogens (tertiary/aromatic N) is 1. The monoisotopic (exact) mass is 339 g/mol. The number of piperazine rings is 1. The number of amides is 2. The number of halogens is 1. The molecule has 0 bridgehead atoms. The Kier molecular flexibility index (Phi) is 6.51. The van der Waals surface area contributed by atoms with Crippen LogP contribution in [0, 0.1) is 5.82 Å². The number of ether oxygens (including phenoxy) is 1. The second kappa shape index (κ2) is 8.60. The SMILES string of the molecule is COc1ccc(CN2CCNC(=O)[C@@H]2CC(=O)NCCO)c(F)c1. The standard InChI is InChI=1S/C16H22FN3O4/c1-24-12-3-2-11(13(17)8-12)10-20-6-4-19-16(23)14(20)9-15(22)18-5-7-21/h2-3,8,14,21H,4-7,9-10H2,1H3,(H,18,22)(H,19,23)/t14-/m0/s1. The number of nitrogens with one attached hydrogen (secondary N) is 2. The molecule has 24 heavy (non-hydrogen) atoms. The highest BCUT2D eigenvalue weighted by Crippen LogP contribution is 2.20. The second-order valence-electron chi connectivity index (χ2n) is 5.51. The summed E-state index contributed by atoms with van der Waals surface area (Å²) >= 11 is 0. The molecule has 2 amide bonds. The minimum Gasteiger partial charge on any atom is -0.497 e. The van der Waals surface area contributed by atoms with Gasteiger partial charge in [0.1, 0.15) is 11.6 Å². The number of carbonyl (C=O) groups is 2. The van der Waals surface area contributed by atoms with Gasteiger partial charge in [-0.15, -0.1) is 0 Å². The van der Waals surface area contributed by atoms with Crippen LogP contribution in [0.3, 0.4) is 0 Å². The van der Waals surface area contributed by atoms with Gasteiger partial charge < -0.3 is 20.5 Å². The molecule has 0 spiro atoms. The molecule has 0 aliphatic carbocycles. The highest BCUT2D eigenvalue weighted by molar-refractivity contribution is 5.88. The van der Waals surface area contributed by atoms with Gasteiger partial charge in [0.15, 0.2) is 0 Å². The number of rotatable bonds is 7. The number of hydrogen-bond donors (Lipinski definition) is 3. The van der Waals surface area contributed by atoms with Crippen molar-refractivity contribution in [1.29, 1.82) is 0 Å². The van der Waals surface area contributed by atoms with E-state index in [1.807, 2.05) is 0 Å². The van der Waals surface area contributed by atoms with Crippen molar-refractivity contribution >= 4 is 11.8 Å². The summed E-state index contributed by atoms with van der Waals surface area (Å²) in [4.78, 5) is 25.7. The number of benzene rings is 1. The second-order valence-corrected chi connectivity index (χ2v) is 5.51. The molecular formula is C16H22FN3O4. The molecule has 1 aliphatic rings. The van der Waals surface area contributed by atoms with E-state index in [1.165, 1.54) is 13.2 Å². The Labute approximate surface area is 139 Å². The Morgan fingerprint density at radius 3 is 3.00 bits per heavy atom. The average molecular weight is 339 g/mol. The molecule has 1 aromatic carbocycles. The lowest BCUT2D eigenvalue weighted by molar-refractivity contribution is -0.134. The summed E-state index contributed by atoms with van der Waals surface area (Å²) in [5.74, 6) is -0.572. The smallest absolute Gasteiger partial charge is 0.237 e. The molecule has 1 atom stereocenters. The van der Waals surface area contributed by atoms with Gasteiger partial charge in [-0.05, 0) is 6.07 Å². The summed E-state index contributed by atoms with van der Waals surface area (Å²) in [6.07, 6.45) is -0.0381. The molecule has 0 saturated carbocycles. The van der Waals surface area contributed by atoms with Crippen LogP contribution in [0.1, 0.15) is 12.0 Å². The van der Waals surface area contributed by atoms with Gasteiger partial charge in [-0.1, -0.05) is 6.07 Å². The zero-order valence-corrected chi connectivity index (χ0v) is 13.5. The van der Waals surface area contributed by atoms with Crippen molar-refractivity contribution in [2.45, 2.75) is 19.0 Å². The van der Waals surface area contributed by atoms with Crippen LogP contribution in [0.2, 0.25) is 0 Å². The molecular weight excluding hydrogens is 317 g/mol. The van der Waals surface area contributed by atoms with Crippen molar-refractivity contribution in [2.75, 3.05) is 33.4 Å². The lowest BCUT2D eigenvalue weighted by Crippen LogP contribution is -2.56. The summed E-state index contributed by atoms with van der Waals surface area (Å²) in [5.41, 5.74) is 0.436. The average Bonchev–Trinajstić information content (AvgIpc) is 2.57. The molecule has 0 unspecified atom stereocenters. The minimum absolute atomic E-state index is 0.0381. The highest BCUT2D eigenvalue weighted by atomic mass is 19.1. The van der Waals surface area contributed by atoms with Gasteiger partial charge in [0.25, 0.3) is 0 Å². The summed E-state index contributed by atoms with van der Waals surface area (Å²) in [6.45, 7) is 1.17. The molecule has 8 heteroatoms. The van der Waals surface area contributed by atoms with Crippen molar-refractivity contribution in [3.8, 4) is 5.75 Å². The van der Waals surface area contributed by atoms with Gasteiger partial charge in [-0.2, -0.15) is 0 Å². The van der Waals surface area contributed by atoms with E-state index >= 15 is 0 Å². The summed E-state index contributed by atoms with van der Waals surface area (Å²) in [5, 5.41) is 14.0. The Hall–Kier alpha value is -2.19. The maximum atomic E-state index is 14.1. The maximum Gasteiger partial charge on any atom is 0.237 e. The van der Waals surface area contributed by atoms with Crippen molar-refractivity contribution in [2.24, 2.45) is 0 Å². The van der Waals surface area contributed by atoms with Crippen LogP contribution in [0.15, 0.2) is 18.2 Å². The molecule has 1 fully saturated rings. The third-order valence-corrected chi connectivity index (χ3v) is 3.89. The van der Waals surface area contributed by atoms with E-state index in [9.17, 15) is 14.0 Å². The van der Waals surface area contributed by atoms with Crippen molar-refractivity contribution in [1.82, 2.24) is 15.5 Å². The third kappa shape index (κ3) is 4.65. The maximum absolute atomic E-state index is 14.1. The lowest BCUT2D eigenvalue weighted by atomic mass is 10.1. The molecule has 3 N–H and O–H groups in total. The zero-order valence-electron chi connectivity index (χ0n) is 13.5. The Morgan fingerprint density at radius 1 is 1.54 bits per heavy atom. The van der Waals surface area contributed by atoms with E-state index in [-0.39, 0.29) is 37.9 Å². The number of hydrogen-bond acceptors (Lipinski definition) is 5. The van der Waals surface area contributed by atoms with E-state index in [0.717, 1.165) is 0 Å². The Morgan fingerprint density at radius 2 is 2.33 bits per heavy atom. The Balaban J connectivity index is 2.07. The van der Waals surface area contributed by atoms with Crippen LogP contribution >= 0.6 is 0 Å². The van der Waals surface area contributed by atoms with Crippen LogP contribution in [-0.2, 0) is 16.1 Å². The molecule has 1 aliphatic heterocycles. The van der Waals surface area contributed by atoms with Crippen LogP contribution in [0.25, 0.3) is 0 Å². The quantitative estimate of drug-likeness (QED) is 0.631. The lowest BCUT2D eigenvalue weighted by Gasteiger charge is -2.34. The normalized spacial score (nSPS) is 18.1. The number of aliphatic hydroxyl groups excluding tert-OH is 1. The molecule has 2 rings (SSSR count). The fourth-order valence-electron chi connectivity index (χ4n) is 2.62. The minimum atomic E-state index is -0.668. The number of aliphatic hydroxyl groups is 1. The van der Waals surface area contributed by atoms with Crippen molar-refractivity contribution < 1.29 is 23.8 Å². The van der Waals surface area contributed by atoms with Crippen LogP contribution in [0.5, 0.6) is 5.75 Å². The molecule has 1 aromatic rings. The first-order chi connectivity index (χ1) is 11.5. The van der Waals surface area contributed by atoms with E-state index in [2.05, 4.69) is 10.6 Å². The fourth-order valence-corrected chi connectivity index (χ4v) is 2.62. The first-order valence-electron chi connectivity index (χ1n) is 7.77. The van der Waals surface area contributed by atoms with Crippen LogP contribution in [0.4, 0.5) is 4.39 Å². The summed E-state index contributed by atoms with van der Waals surface area (Å²) in [6, 6.07) is 3.90. The van der Waals surface area contributed by atoms with Gasteiger partial charge in [-0.25, -0.2) is 4.39 Å². The first-order valence-corrected chi connectivity index (χ1v) is 7.77. The third-order valence-electron chi connectivity index (χ3n) is 3.89. The van der Waals surface area contributed by atoms with Gasteiger partial charge in [0, 0.05) is 37.8 Å². The topological polar surface area (TPSA) is 90.9 Å². The largest absolute Gasteiger partial charge is 0.497 e. The van der Waals surface area contributed by atoms with E-state index in [1.54, 1.807) is 17.0 Å². The summed E-state index contributed by atoms with van der Waals surface area (Å²) in [7, 11) is 1.46. The highest BCUT2D eigenvalue weighted by Gasteiger charge is 2.31. The van der Waals surface area contributed by atoms with E-state index in [0.29, 0.717) is 24.4 Å². The van der Waals surface area contributed by atoms with Crippen LogP contribution < -0.4 is 15.4 Å². The van der Waals surface area contributed by atoms with Gasteiger partial charge in [0.05, 0.1) is 26.2 Å². The molecule has 1 saturated heterocycles. The summed E-state index contributed by atoms with van der Waals surface area (Å²) < 4.78 is 19.1. The molecule has 1 heterocycles. The van der Waals surface area contributed by atoms with Gasteiger partial charge in [0.2, 0.25) is 11.8 Å². The molecule has 132 valence electrons. The van der Waals surface area contributed by atoms with Gasteiger partial charge in [-0.3, -0.25) is 14.5 Å². The van der Waals surface area contributed by atoms with E-state index in [4.69, 9.17) is 9.84 Å². The number of carbonyl (C=O) groups excluding carboxylic acids is 2. The van der Waals surface area contributed by atoms with E-state index < -0.39 is 11.9 Å². The fraction of sp³-hybridized carbons (Fsp3) is 0.500. The number of methoxy groups -OCH3 is 1. The zero-order chi connectivity index (χ0) is 17.5. The van der Waals surface area contributed by atoms with Gasteiger partial charge >= 0.3 is 0 Å². The van der Waals surface area contributed by atoms with Crippen molar-refractivity contribution in [3.05, 3.63) is 29.6 Å². The first kappa shape index (κ1) is 18.2. The predicted molar refractivity (Wildman–Crippen MR) is 84.9 cm³/mol. The molecule has 0 radical (unpaired) electrons. The van der Waals surface area contributed by atoms with Crippen molar-refractivity contribution in [3.63, 3.8) is 0 Å².